The van der Waals surface area contributed by atoms with Gasteiger partial charge in [0, 0.05) is 18.1 Å². The van der Waals surface area contributed by atoms with E-state index < -0.39 is 0 Å². The van der Waals surface area contributed by atoms with Crippen molar-refractivity contribution in [2.24, 2.45) is 0 Å². The molecule has 2 aromatic rings. The minimum atomic E-state index is -0.0463. The van der Waals surface area contributed by atoms with Gasteiger partial charge in [-0.05, 0) is 23.9 Å². The zero-order valence-electron chi connectivity index (χ0n) is 8.40. The molecule has 3 rings (SSSR count). The van der Waals surface area contributed by atoms with Crippen LogP contribution in [0.5, 0.6) is 0 Å². The molecule has 0 spiro atoms. The number of para-hydroxylation sites is 1. The van der Waals surface area contributed by atoms with Crippen LogP contribution >= 0.6 is 0 Å². The SMILES string of the molecule is O=C1CCCO1.c1ccc2[nH]ccc2c1. The maximum absolute atomic E-state index is 10.0. The molecule has 0 saturated carbocycles. The molecule has 15 heavy (non-hydrogen) atoms. The fourth-order valence-electron chi connectivity index (χ4n) is 1.47. The van der Waals surface area contributed by atoms with Crippen molar-refractivity contribution in [3.8, 4) is 0 Å². The van der Waals surface area contributed by atoms with Crippen LogP contribution in [0.3, 0.4) is 0 Å². The second kappa shape index (κ2) is 4.64. The molecule has 3 heteroatoms. The predicted octanol–water partition coefficient (Wildman–Crippen LogP) is 2.49. The number of nitrogens with one attached hydrogen (secondary N) is 1. The molecule has 0 bridgehead atoms. The fraction of sp³-hybridized carbons (Fsp3) is 0.250. The van der Waals surface area contributed by atoms with Crippen molar-refractivity contribution in [1.82, 2.24) is 4.98 Å². The minimum absolute atomic E-state index is 0.0463. The van der Waals surface area contributed by atoms with Crippen molar-refractivity contribution in [3.63, 3.8) is 0 Å². The van der Waals surface area contributed by atoms with Gasteiger partial charge in [0.2, 0.25) is 0 Å². The van der Waals surface area contributed by atoms with Crippen LogP contribution in [0, 0.1) is 0 Å². The van der Waals surface area contributed by atoms with E-state index in [4.69, 9.17) is 0 Å². The molecule has 3 nitrogen and oxygen atoms in total. The molecule has 0 atom stereocenters. The molecule has 1 saturated heterocycles. The Kier molecular flexibility index (Phi) is 3.02. The highest BCUT2D eigenvalue weighted by Gasteiger charge is 2.08. The summed E-state index contributed by atoms with van der Waals surface area (Å²) in [6.07, 6.45) is 3.49. The third-order valence-corrected chi connectivity index (χ3v) is 2.25. The number of aromatic amines is 1. The van der Waals surface area contributed by atoms with Gasteiger partial charge in [0.05, 0.1) is 6.61 Å². The molecule has 0 amide bonds. The number of aromatic nitrogens is 1. The zero-order chi connectivity index (χ0) is 10.5. The monoisotopic (exact) mass is 203 g/mol. The van der Waals surface area contributed by atoms with Gasteiger partial charge in [0.15, 0.2) is 0 Å². The lowest BCUT2D eigenvalue weighted by Crippen LogP contribution is -1.88. The van der Waals surface area contributed by atoms with E-state index in [1.165, 1.54) is 10.9 Å². The number of cyclic esters (lactones) is 1. The molecule has 0 aliphatic carbocycles. The number of hydrogen-bond donors (Lipinski definition) is 1. The molecule has 0 radical (unpaired) electrons. The summed E-state index contributed by atoms with van der Waals surface area (Å²) in [7, 11) is 0. The Morgan fingerprint density at radius 3 is 2.67 bits per heavy atom. The maximum atomic E-state index is 10.0. The van der Waals surface area contributed by atoms with Crippen molar-refractivity contribution in [2.75, 3.05) is 6.61 Å². The van der Waals surface area contributed by atoms with Gasteiger partial charge in [0.1, 0.15) is 0 Å². The quantitative estimate of drug-likeness (QED) is 0.668. The van der Waals surface area contributed by atoms with Gasteiger partial charge in [-0.1, -0.05) is 18.2 Å². The summed E-state index contributed by atoms with van der Waals surface area (Å²) in [6, 6.07) is 10.3. The smallest absolute Gasteiger partial charge is 0.305 e. The molecule has 1 aliphatic heterocycles. The van der Waals surface area contributed by atoms with E-state index in [1.807, 2.05) is 18.3 Å². The number of carbonyl (C=O) groups excluding carboxylic acids is 1. The number of carbonyl (C=O) groups is 1. The number of esters is 1. The third kappa shape index (κ3) is 2.59. The second-order valence-electron chi connectivity index (χ2n) is 3.39. The van der Waals surface area contributed by atoms with Gasteiger partial charge >= 0.3 is 5.97 Å². The van der Waals surface area contributed by atoms with E-state index in [0.717, 1.165) is 6.42 Å². The molecule has 0 unspecified atom stereocenters. The van der Waals surface area contributed by atoms with Crippen molar-refractivity contribution >= 4 is 16.9 Å². The highest BCUT2D eigenvalue weighted by atomic mass is 16.5. The number of benzene rings is 1. The lowest BCUT2D eigenvalue weighted by atomic mass is 10.3. The van der Waals surface area contributed by atoms with E-state index in [0.29, 0.717) is 13.0 Å². The number of ether oxygens (including phenoxy) is 1. The van der Waals surface area contributed by atoms with Crippen molar-refractivity contribution in [1.29, 1.82) is 0 Å². The molecule has 1 aromatic heterocycles. The average Bonchev–Trinajstić information content (AvgIpc) is 2.88. The molecule has 1 fully saturated rings. The van der Waals surface area contributed by atoms with E-state index >= 15 is 0 Å². The second-order valence-corrected chi connectivity index (χ2v) is 3.39. The topological polar surface area (TPSA) is 42.1 Å². The molecule has 1 aromatic carbocycles. The highest BCUT2D eigenvalue weighted by Crippen LogP contribution is 2.09. The van der Waals surface area contributed by atoms with Crippen LogP contribution in [0.1, 0.15) is 12.8 Å². The summed E-state index contributed by atoms with van der Waals surface area (Å²) in [5.74, 6) is -0.0463. The van der Waals surface area contributed by atoms with Crippen LogP contribution in [0.4, 0.5) is 0 Å². The van der Waals surface area contributed by atoms with Crippen LogP contribution < -0.4 is 0 Å². The lowest BCUT2D eigenvalue weighted by molar-refractivity contribution is -0.137. The van der Waals surface area contributed by atoms with Gasteiger partial charge in [-0.15, -0.1) is 0 Å². The van der Waals surface area contributed by atoms with Crippen molar-refractivity contribution < 1.29 is 9.53 Å². The van der Waals surface area contributed by atoms with E-state index in [-0.39, 0.29) is 5.97 Å². The first-order valence-corrected chi connectivity index (χ1v) is 5.04. The standard InChI is InChI=1S/C8H7N.C4H6O2/c1-2-4-8-7(3-1)5-6-9-8;5-4-2-1-3-6-4/h1-6,9H;1-3H2. The van der Waals surface area contributed by atoms with Crippen LogP contribution in [0.25, 0.3) is 10.9 Å². The van der Waals surface area contributed by atoms with Gasteiger partial charge in [-0.2, -0.15) is 0 Å². The Morgan fingerprint density at radius 1 is 1.20 bits per heavy atom. The Labute approximate surface area is 88.1 Å². The van der Waals surface area contributed by atoms with Crippen molar-refractivity contribution in [3.05, 3.63) is 36.5 Å². The first-order chi connectivity index (χ1) is 7.36. The number of rotatable bonds is 0. The number of hydrogen-bond acceptors (Lipinski definition) is 2. The molecular formula is C12H13NO2. The minimum Gasteiger partial charge on any atom is -0.466 e. The molecule has 1 N–H and O–H groups in total. The van der Waals surface area contributed by atoms with E-state index in [1.54, 1.807) is 0 Å². The molecule has 2 heterocycles. The Hall–Kier alpha value is -1.77. The average molecular weight is 203 g/mol. The van der Waals surface area contributed by atoms with Crippen LogP contribution in [-0.2, 0) is 9.53 Å². The van der Waals surface area contributed by atoms with Crippen LogP contribution in [0.15, 0.2) is 36.5 Å². The third-order valence-electron chi connectivity index (χ3n) is 2.25. The lowest BCUT2D eigenvalue weighted by Gasteiger charge is -1.83. The number of H-pyrrole nitrogens is 1. The van der Waals surface area contributed by atoms with Gasteiger partial charge in [-0.25, -0.2) is 0 Å². The van der Waals surface area contributed by atoms with Gasteiger partial charge < -0.3 is 9.72 Å². The zero-order valence-corrected chi connectivity index (χ0v) is 8.40. The van der Waals surface area contributed by atoms with Crippen LogP contribution in [0.2, 0.25) is 0 Å². The van der Waals surface area contributed by atoms with Crippen molar-refractivity contribution in [2.45, 2.75) is 12.8 Å². The predicted molar refractivity (Wildman–Crippen MR) is 58.5 cm³/mol. The Balaban J connectivity index is 0.000000124. The summed E-state index contributed by atoms with van der Waals surface area (Å²) in [5.41, 5.74) is 1.21. The number of fused-ring (bicyclic) bond motifs is 1. The molecule has 78 valence electrons. The summed E-state index contributed by atoms with van der Waals surface area (Å²) in [6.45, 7) is 0.638. The first-order valence-electron chi connectivity index (χ1n) is 5.04. The van der Waals surface area contributed by atoms with E-state index in [9.17, 15) is 4.79 Å². The largest absolute Gasteiger partial charge is 0.466 e. The Bertz CT molecular complexity index is 409. The maximum Gasteiger partial charge on any atom is 0.305 e. The van der Waals surface area contributed by atoms with E-state index in [2.05, 4.69) is 27.9 Å². The normalized spacial score (nSPS) is 14.5. The van der Waals surface area contributed by atoms with Gasteiger partial charge in [-0.3, -0.25) is 4.79 Å². The van der Waals surface area contributed by atoms with Gasteiger partial charge in [0.25, 0.3) is 0 Å². The van der Waals surface area contributed by atoms with Crippen LogP contribution in [-0.4, -0.2) is 17.6 Å². The summed E-state index contributed by atoms with van der Waals surface area (Å²) in [4.78, 5) is 13.1. The fourth-order valence-corrected chi connectivity index (χ4v) is 1.47. The molecule has 1 aliphatic rings. The summed E-state index contributed by atoms with van der Waals surface area (Å²) in [5, 5.41) is 1.28. The molecular weight excluding hydrogens is 190 g/mol. The highest BCUT2D eigenvalue weighted by molar-refractivity contribution is 5.78. The first kappa shape index (κ1) is 9.77. The Morgan fingerprint density at radius 2 is 2.07 bits per heavy atom. The summed E-state index contributed by atoms with van der Waals surface area (Å²) >= 11 is 0. The summed E-state index contributed by atoms with van der Waals surface area (Å²) < 4.78 is 4.51.